The van der Waals surface area contributed by atoms with Gasteiger partial charge in [-0.15, -0.1) is 0 Å². The molecule has 1 aliphatic rings. The molecule has 1 amide bonds. The number of nitrogens with zero attached hydrogens (tertiary/aromatic N) is 2. The summed E-state index contributed by atoms with van der Waals surface area (Å²) < 4.78 is 18.3. The number of halogens is 1. The minimum atomic E-state index is -0.202. The average Bonchev–Trinajstić information content (AvgIpc) is 2.55. The summed E-state index contributed by atoms with van der Waals surface area (Å²) in [5.74, 6) is 0. The lowest BCUT2D eigenvalue weighted by atomic mass is 10.2. The fourth-order valence-electron chi connectivity index (χ4n) is 2.23. The molecule has 0 bridgehead atoms. The maximum absolute atomic E-state index is 11.9. The van der Waals surface area contributed by atoms with E-state index in [1.54, 1.807) is 4.90 Å². The van der Waals surface area contributed by atoms with Crippen LogP contribution in [0.25, 0.3) is 0 Å². The highest BCUT2D eigenvalue weighted by molar-refractivity contribution is 5.67. The van der Waals surface area contributed by atoms with Crippen molar-refractivity contribution in [2.45, 2.75) is 33.9 Å². The third kappa shape index (κ3) is 5.71. The Morgan fingerprint density at radius 3 is 2.33 bits per heavy atom. The van der Waals surface area contributed by atoms with Gasteiger partial charge < -0.3 is 9.64 Å². The third-order valence-electron chi connectivity index (χ3n) is 3.51. The van der Waals surface area contributed by atoms with Gasteiger partial charge in [-0.2, -0.15) is 0 Å². The van der Waals surface area contributed by atoms with Gasteiger partial charge in [-0.1, -0.05) is 37.8 Å². The maximum atomic E-state index is 11.9. The van der Waals surface area contributed by atoms with Crippen LogP contribution in [-0.4, -0.2) is 49.6 Å². The molecule has 0 N–H and O–H groups in total. The molecule has 4 nitrogen and oxygen atoms in total. The van der Waals surface area contributed by atoms with Crippen LogP contribution in [0.15, 0.2) is 30.3 Å². The van der Waals surface area contributed by atoms with Crippen molar-refractivity contribution in [3.05, 3.63) is 35.9 Å². The topological polar surface area (TPSA) is 32.8 Å². The second-order valence-corrected chi connectivity index (χ2v) is 5.16. The van der Waals surface area contributed by atoms with E-state index in [1.807, 2.05) is 30.3 Å². The van der Waals surface area contributed by atoms with E-state index >= 15 is 0 Å². The summed E-state index contributed by atoms with van der Waals surface area (Å²) in [5, 5.41) is 0. The monoisotopic (exact) mass is 300 g/mol. The summed E-state index contributed by atoms with van der Waals surface area (Å²) in [6.45, 7) is 8.09. The Labute approximate surface area is 128 Å². The molecular weight excluding hydrogens is 271 g/mol. The van der Waals surface area contributed by atoms with Gasteiger partial charge in [-0.25, -0.2) is 4.79 Å². The SMILES string of the molecule is C.CC(C)N1CCN(C(=O)OCc2ccccc2)CC1.[3H]F. The first-order valence-electron chi connectivity index (χ1n) is 7.24. The number of ether oxygens (including phenoxy) is 1. The van der Waals surface area contributed by atoms with Crippen molar-refractivity contribution in [2.75, 3.05) is 26.2 Å². The fourth-order valence-corrected chi connectivity index (χ4v) is 2.23. The van der Waals surface area contributed by atoms with E-state index in [2.05, 4.69) is 20.2 Å². The Morgan fingerprint density at radius 2 is 1.81 bits per heavy atom. The van der Waals surface area contributed by atoms with Crippen LogP contribution in [0.4, 0.5) is 9.51 Å². The van der Waals surface area contributed by atoms with Crippen molar-refractivity contribution in [1.29, 1.82) is 1.45 Å². The van der Waals surface area contributed by atoms with Crippen molar-refractivity contribution in [2.24, 2.45) is 0 Å². The van der Waals surface area contributed by atoms with Gasteiger partial charge in [-0.3, -0.25) is 9.62 Å². The highest BCUT2D eigenvalue weighted by atomic mass is 19.0. The van der Waals surface area contributed by atoms with E-state index in [-0.39, 0.29) is 13.5 Å². The molecule has 0 aliphatic carbocycles. The zero-order chi connectivity index (χ0) is 15.7. The molecule has 0 atom stereocenters. The van der Waals surface area contributed by atoms with Crippen molar-refractivity contribution in [3.8, 4) is 0 Å². The molecule has 120 valence electrons. The lowest BCUT2D eigenvalue weighted by Crippen LogP contribution is -2.50. The number of amides is 1. The lowest BCUT2D eigenvalue weighted by molar-refractivity contribution is 0.0642. The number of benzene rings is 1. The maximum Gasteiger partial charge on any atom is 0.410 e. The molecule has 0 unspecified atom stereocenters. The third-order valence-corrected chi connectivity index (χ3v) is 3.51. The van der Waals surface area contributed by atoms with Crippen LogP contribution in [0.5, 0.6) is 0 Å². The van der Waals surface area contributed by atoms with E-state index in [9.17, 15) is 4.79 Å². The van der Waals surface area contributed by atoms with Crippen LogP contribution < -0.4 is 0 Å². The summed E-state index contributed by atoms with van der Waals surface area (Å²) >= 11 is 0. The summed E-state index contributed by atoms with van der Waals surface area (Å²) in [6, 6.07) is 10.3. The Bertz CT molecular complexity index is 410. The number of carbonyl (C=O) groups is 1. The smallest absolute Gasteiger partial charge is 0.410 e. The normalized spacial score (nSPS) is 15.4. The first-order valence-corrected chi connectivity index (χ1v) is 6.86. The number of carbonyl (C=O) groups excluding carboxylic acids is 1. The molecule has 1 fully saturated rings. The molecule has 0 aromatic heterocycles. The van der Waals surface area contributed by atoms with Crippen LogP contribution in [-0.2, 0) is 11.3 Å². The summed E-state index contributed by atoms with van der Waals surface area (Å²) in [4.78, 5) is 16.1. The van der Waals surface area contributed by atoms with Crippen LogP contribution in [0.1, 0.15) is 26.8 Å². The van der Waals surface area contributed by atoms with Gasteiger partial charge in [0, 0.05) is 32.2 Å². The minimum absolute atomic E-state index is 0. The van der Waals surface area contributed by atoms with Crippen LogP contribution in [0, 0.1) is 0 Å². The van der Waals surface area contributed by atoms with Crippen molar-refractivity contribution in [3.63, 3.8) is 0 Å². The zero-order valence-electron chi connectivity index (χ0n) is 13.1. The van der Waals surface area contributed by atoms with Gasteiger partial charge in [0.1, 0.15) is 6.61 Å². The molecule has 1 aliphatic heterocycles. The van der Waals surface area contributed by atoms with Gasteiger partial charge in [0.15, 0.2) is 0 Å². The molecule has 0 spiro atoms. The van der Waals surface area contributed by atoms with Crippen molar-refractivity contribution in [1.82, 2.24) is 9.80 Å². The zero-order valence-corrected chi connectivity index (χ0v) is 12.1. The van der Waals surface area contributed by atoms with E-state index < -0.39 is 0 Å². The molecule has 0 radical (unpaired) electrons. The number of hydrogen-bond acceptors (Lipinski definition) is 3. The Hall–Kier alpha value is -1.62. The van der Waals surface area contributed by atoms with Crippen molar-refractivity contribution >= 4 is 6.09 Å². The van der Waals surface area contributed by atoms with E-state index in [0.29, 0.717) is 12.6 Å². The Balaban J connectivity index is 0.00000141. The minimum Gasteiger partial charge on any atom is -0.445 e. The average molecular weight is 300 g/mol. The van der Waals surface area contributed by atoms with Gasteiger partial charge >= 0.3 is 6.09 Å². The standard InChI is InChI=1S/C15H22N2O2.CH4.FH/c1-13(2)16-8-10-17(11-9-16)15(18)19-12-14-6-4-3-5-7-14;;/h3-7,13H,8-12H2,1-2H3;1H4;1H/i/hT. The second-order valence-electron chi connectivity index (χ2n) is 5.16. The van der Waals surface area contributed by atoms with E-state index in [1.165, 1.54) is 0 Å². The summed E-state index contributed by atoms with van der Waals surface area (Å²) in [5.41, 5.74) is 1.02. The van der Waals surface area contributed by atoms with Crippen molar-refractivity contribution < 1.29 is 14.2 Å². The molecule has 2 rings (SSSR count). The van der Waals surface area contributed by atoms with Gasteiger partial charge in [0.2, 0.25) is 0 Å². The molecular formula is C16H27FN2O2. The van der Waals surface area contributed by atoms with Crippen LogP contribution in [0.3, 0.4) is 0 Å². The molecule has 1 saturated heterocycles. The van der Waals surface area contributed by atoms with Gasteiger partial charge in [0.25, 0.3) is 1.45 Å². The van der Waals surface area contributed by atoms with Gasteiger partial charge in [0.05, 0.1) is 0 Å². The largest absolute Gasteiger partial charge is 0.445 e. The molecule has 1 aromatic rings. The Morgan fingerprint density at radius 1 is 1.24 bits per heavy atom. The van der Waals surface area contributed by atoms with Crippen LogP contribution in [0.2, 0.25) is 0 Å². The Kier molecular flexibility index (Phi) is 7.75. The number of hydrogen-bond donors (Lipinski definition) is 0. The predicted octanol–water partition coefficient (Wildman–Crippen LogP) is 3.14. The molecule has 5 heteroatoms. The molecule has 0 saturated carbocycles. The lowest BCUT2D eigenvalue weighted by Gasteiger charge is -2.36. The summed E-state index contributed by atoms with van der Waals surface area (Å²) in [7, 11) is 0. The van der Waals surface area contributed by atoms with Crippen LogP contribution >= 0.6 is 0 Å². The van der Waals surface area contributed by atoms with Gasteiger partial charge in [-0.05, 0) is 19.4 Å². The van der Waals surface area contributed by atoms with E-state index in [0.717, 1.165) is 31.7 Å². The number of piperazine rings is 1. The molecule has 21 heavy (non-hydrogen) atoms. The predicted molar refractivity (Wildman–Crippen MR) is 84.1 cm³/mol. The summed E-state index contributed by atoms with van der Waals surface area (Å²) in [6.07, 6.45) is -0.202. The fraction of sp³-hybridized carbons (Fsp3) is 0.562. The first-order chi connectivity index (χ1) is 10.2. The van der Waals surface area contributed by atoms with E-state index in [4.69, 9.17) is 9.45 Å². The quantitative estimate of drug-likeness (QED) is 0.860. The first kappa shape index (κ1) is 17.4. The molecule has 1 aromatic carbocycles. The highest BCUT2D eigenvalue weighted by Crippen LogP contribution is 2.08. The number of rotatable bonds is 3. The highest BCUT2D eigenvalue weighted by Gasteiger charge is 2.23. The second kappa shape index (κ2) is 9.34. The molecule has 1 heterocycles.